The van der Waals surface area contributed by atoms with Crippen molar-refractivity contribution in [1.82, 2.24) is 10.9 Å². The van der Waals surface area contributed by atoms with Gasteiger partial charge >= 0.3 is 0 Å². The standard InChI is InChI=1S/C19H23N3O2/c1-4-15-6-8-16(9-7-15)19(24)22-21-18(23)12-20-17-10-5-13(2)11-14(17)3/h5-11,20H,4,12H2,1-3H3,(H,21,23)(H,22,24). The molecule has 0 aliphatic carbocycles. The number of hydrogen-bond acceptors (Lipinski definition) is 3. The van der Waals surface area contributed by atoms with Crippen LogP contribution in [0.4, 0.5) is 5.69 Å². The second kappa shape index (κ2) is 8.15. The second-order valence-electron chi connectivity index (χ2n) is 5.72. The third kappa shape index (κ3) is 4.84. The lowest BCUT2D eigenvalue weighted by molar-refractivity contribution is -0.120. The molecule has 0 aliphatic heterocycles. The van der Waals surface area contributed by atoms with E-state index < -0.39 is 0 Å². The van der Waals surface area contributed by atoms with Crippen LogP contribution in [0.15, 0.2) is 42.5 Å². The Balaban J connectivity index is 1.80. The molecule has 0 bridgehead atoms. The molecule has 0 aliphatic rings. The van der Waals surface area contributed by atoms with Gasteiger partial charge in [0.1, 0.15) is 0 Å². The molecule has 2 aromatic carbocycles. The molecule has 5 nitrogen and oxygen atoms in total. The fourth-order valence-corrected chi connectivity index (χ4v) is 2.32. The predicted molar refractivity (Wildman–Crippen MR) is 95.8 cm³/mol. The molecule has 5 heteroatoms. The lowest BCUT2D eigenvalue weighted by Crippen LogP contribution is -2.44. The maximum Gasteiger partial charge on any atom is 0.269 e. The lowest BCUT2D eigenvalue weighted by Gasteiger charge is -2.11. The van der Waals surface area contributed by atoms with Crippen molar-refractivity contribution in [1.29, 1.82) is 0 Å². The van der Waals surface area contributed by atoms with E-state index in [1.54, 1.807) is 12.1 Å². The van der Waals surface area contributed by atoms with E-state index in [9.17, 15) is 9.59 Å². The quantitative estimate of drug-likeness (QED) is 0.740. The number of carbonyl (C=O) groups is 2. The van der Waals surface area contributed by atoms with E-state index in [4.69, 9.17) is 0 Å². The van der Waals surface area contributed by atoms with Gasteiger partial charge in [-0.25, -0.2) is 0 Å². The first-order valence-corrected chi connectivity index (χ1v) is 7.99. The summed E-state index contributed by atoms with van der Waals surface area (Å²) < 4.78 is 0. The minimum absolute atomic E-state index is 0.0823. The lowest BCUT2D eigenvalue weighted by atomic mass is 10.1. The van der Waals surface area contributed by atoms with Crippen LogP contribution in [-0.4, -0.2) is 18.4 Å². The Morgan fingerprint density at radius 1 is 0.958 bits per heavy atom. The van der Waals surface area contributed by atoms with Gasteiger partial charge in [-0.2, -0.15) is 0 Å². The molecular formula is C19H23N3O2. The van der Waals surface area contributed by atoms with Gasteiger partial charge in [-0.1, -0.05) is 36.8 Å². The topological polar surface area (TPSA) is 70.2 Å². The molecule has 126 valence electrons. The third-order valence-electron chi connectivity index (χ3n) is 3.76. The zero-order valence-electron chi connectivity index (χ0n) is 14.3. The van der Waals surface area contributed by atoms with Gasteiger partial charge in [0.15, 0.2) is 0 Å². The molecule has 24 heavy (non-hydrogen) atoms. The summed E-state index contributed by atoms with van der Waals surface area (Å²) in [5.41, 5.74) is 9.64. The first-order valence-electron chi connectivity index (χ1n) is 7.99. The molecule has 0 radical (unpaired) electrons. The van der Waals surface area contributed by atoms with E-state index in [0.29, 0.717) is 5.56 Å². The zero-order valence-corrected chi connectivity index (χ0v) is 14.3. The van der Waals surface area contributed by atoms with E-state index in [1.165, 1.54) is 5.56 Å². The summed E-state index contributed by atoms with van der Waals surface area (Å²) in [6.07, 6.45) is 0.919. The van der Waals surface area contributed by atoms with E-state index in [0.717, 1.165) is 23.2 Å². The highest BCUT2D eigenvalue weighted by Gasteiger charge is 2.07. The average Bonchev–Trinajstić information content (AvgIpc) is 2.59. The van der Waals surface area contributed by atoms with Crippen molar-refractivity contribution in [3.8, 4) is 0 Å². The number of hydrogen-bond donors (Lipinski definition) is 3. The smallest absolute Gasteiger partial charge is 0.269 e. The maximum absolute atomic E-state index is 12.0. The molecule has 0 atom stereocenters. The summed E-state index contributed by atoms with van der Waals surface area (Å²) in [5, 5.41) is 3.06. The van der Waals surface area contributed by atoms with Gasteiger partial charge < -0.3 is 5.32 Å². The van der Waals surface area contributed by atoms with Crippen LogP contribution >= 0.6 is 0 Å². The summed E-state index contributed by atoms with van der Waals surface area (Å²) in [5.74, 6) is -0.647. The average molecular weight is 325 g/mol. The molecule has 0 saturated carbocycles. The number of aryl methyl sites for hydroxylation is 3. The molecule has 0 spiro atoms. The fraction of sp³-hybridized carbons (Fsp3) is 0.263. The largest absolute Gasteiger partial charge is 0.376 e. The Kier molecular flexibility index (Phi) is 5.95. The minimum atomic E-state index is -0.336. The molecule has 2 rings (SSSR count). The van der Waals surface area contributed by atoms with Crippen LogP contribution < -0.4 is 16.2 Å². The molecule has 0 unspecified atom stereocenters. The van der Waals surface area contributed by atoms with Gasteiger partial charge in [-0.05, 0) is 49.6 Å². The molecule has 2 amide bonds. The van der Waals surface area contributed by atoms with Crippen LogP contribution in [0.5, 0.6) is 0 Å². The SMILES string of the molecule is CCc1ccc(C(=O)NNC(=O)CNc2ccc(C)cc2C)cc1. The van der Waals surface area contributed by atoms with Gasteiger partial charge in [0.2, 0.25) is 0 Å². The first kappa shape index (κ1) is 17.5. The van der Waals surface area contributed by atoms with Gasteiger partial charge in [0.25, 0.3) is 11.8 Å². The van der Waals surface area contributed by atoms with E-state index in [1.807, 2.05) is 44.2 Å². The number of hydrazine groups is 1. The van der Waals surface area contributed by atoms with Crippen molar-refractivity contribution in [2.24, 2.45) is 0 Å². The number of nitrogens with one attached hydrogen (secondary N) is 3. The van der Waals surface area contributed by atoms with Crippen LogP contribution in [0, 0.1) is 13.8 Å². The first-order chi connectivity index (χ1) is 11.5. The van der Waals surface area contributed by atoms with Crippen LogP contribution in [-0.2, 0) is 11.2 Å². The Hall–Kier alpha value is -2.82. The van der Waals surface area contributed by atoms with Crippen molar-refractivity contribution in [3.05, 3.63) is 64.7 Å². The van der Waals surface area contributed by atoms with Crippen LogP contribution in [0.1, 0.15) is 34.0 Å². The normalized spacial score (nSPS) is 10.1. The summed E-state index contributed by atoms with van der Waals surface area (Å²) >= 11 is 0. The number of carbonyl (C=O) groups excluding carboxylic acids is 2. The molecule has 0 saturated heterocycles. The number of benzene rings is 2. The molecule has 0 fully saturated rings. The summed E-state index contributed by atoms with van der Waals surface area (Å²) in [6, 6.07) is 13.3. The van der Waals surface area contributed by atoms with Crippen molar-refractivity contribution in [2.75, 3.05) is 11.9 Å². The number of rotatable bonds is 5. The highest BCUT2D eigenvalue weighted by Crippen LogP contribution is 2.15. The van der Waals surface area contributed by atoms with Crippen LogP contribution in [0.3, 0.4) is 0 Å². The second-order valence-corrected chi connectivity index (χ2v) is 5.72. The zero-order chi connectivity index (χ0) is 17.5. The van der Waals surface area contributed by atoms with Crippen molar-refractivity contribution in [3.63, 3.8) is 0 Å². The summed E-state index contributed by atoms with van der Waals surface area (Å²) in [4.78, 5) is 23.8. The highest BCUT2D eigenvalue weighted by molar-refractivity contribution is 5.95. The summed E-state index contributed by atoms with van der Waals surface area (Å²) in [7, 11) is 0. The highest BCUT2D eigenvalue weighted by atomic mass is 16.2. The van der Waals surface area contributed by atoms with Gasteiger partial charge in [-0.3, -0.25) is 20.4 Å². The van der Waals surface area contributed by atoms with Gasteiger partial charge in [0, 0.05) is 11.3 Å². The monoisotopic (exact) mass is 325 g/mol. The van der Waals surface area contributed by atoms with Gasteiger partial charge in [0.05, 0.1) is 6.54 Å². The molecule has 0 heterocycles. The third-order valence-corrected chi connectivity index (χ3v) is 3.76. The number of amides is 2. The van der Waals surface area contributed by atoms with E-state index in [2.05, 4.69) is 23.1 Å². The molecular weight excluding hydrogens is 302 g/mol. The molecule has 3 N–H and O–H groups in total. The van der Waals surface area contributed by atoms with E-state index in [-0.39, 0.29) is 18.4 Å². The van der Waals surface area contributed by atoms with Crippen molar-refractivity contribution < 1.29 is 9.59 Å². The molecule has 2 aromatic rings. The van der Waals surface area contributed by atoms with E-state index >= 15 is 0 Å². The predicted octanol–water partition coefficient (Wildman–Crippen LogP) is 2.74. The summed E-state index contributed by atoms with van der Waals surface area (Å²) in [6.45, 7) is 6.14. The van der Waals surface area contributed by atoms with Gasteiger partial charge in [-0.15, -0.1) is 0 Å². The Morgan fingerprint density at radius 3 is 2.29 bits per heavy atom. The Bertz CT molecular complexity index is 724. The van der Waals surface area contributed by atoms with Crippen molar-refractivity contribution >= 4 is 17.5 Å². The molecule has 0 aromatic heterocycles. The van der Waals surface area contributed by atoms with Crippen LogP contribution in [0.2, 0.25) is 0 Å². The fourth-order valence-electron chi connectivity index (χ4n) is 2.32. The van der Waals surface area contributed by atoms with Crippen LogP contribution in [0.25, 0.3) is 0 Å². The maximum atomic E-state index is 12.0. The number of anilines is 1. The Morgan fingerprint density at radius 2 is 1.67 bits per heavy atom. The van der Waals surface area contributed by atoms with Crippen molar-refractivity contribution in [2.45, 2.75) is 27.2 Å². The minimum Gasteiger partial charge on any atom is -0.376 e. The Labute approximate surface area is 142 Å².